The molecule has 0 aliphatic heterocycles. The molecule has 0 radical (unpaired) electrons. The van der Waals surface area contributed by atoms with Crippen molar-refractivity contribution in [2.45, 2.75) is 51.1 Å². The number of carbonyl (C=O) groups excluding carboxylic acids is 1. The Morgan fingerprint density at radius 1 is 1.26 bits per heavy atom. The summed E-state index contributed by atoms with van der Waals surface area (Å²) in [6, 6.07) is 6.43. The number of urea groups is 1. The van der Waals surface area contributed by atoms with Crippen LogP contribution in [-0.2, 0) is 5.54 Å². The van der Waals surface area contributed by atoms with Gasteiger partial charge in [-0.1, -0.05) is 18.2 Å². The highest BCUT2D eigenvalue weighted by Crippen LogP contribution is 2.42. The van der Waals surface area contributed by atoms with Crippen LogP contribution in [0.5, 0.6) is 0 Å². The smallest absolute Gasteiger partial charge is 0.315 e. The van der Waals surface area contributed by atoms with Crippen LogP contribution in [0.3, 0.4) is 0 Å². The van der Waals surface area contributed by atoms with E-state index in [0.717, 1.165) is 19.3 Å². The quantitative estimate of drug-likeness (QED) is 0.845. The maximum atomic E-state index is 13.9. The van der Waals surface area contributed by atoms with Crippen LogP contribution < -0.4 is 10.6 Å². The highest BCUT2D eigenvalue weighted by Gasteiger charge is 2.42. The fourth-order valence-corrected chi connectivity index (χ4v) is 2.43. The van der Waals surface area contributed by atoms with Crippen LogP contribution in [0.4, 0.5) is 9.18 Å². The molecule has 0 saturated heterocycles. The Balaban J connectivity index is 2.16. The van der Waals surface area contributed by atoms with Gasteiger partial charge in [-0.2, -0.15) is 0 Å². The van der Waals surface area contributed by atoms with E-state index in [-0.39, 0.29) is 17.4 Å². The molecule has 1 saturated carbocycles. The third kappa shape index (κ3) is 3.06. The molecule has 0 aromatic heterocycles. The van der Waals surface area contributed by atoms with Crippen molar-refractivity contribution in [2.75, 3.05) is 0 Å². The predicted octanol–water partition coefficient (Wildman–Crippen LogP) is 3.30. The molecular formula is C15H21FN2O. The summed E-state index contributed by atoms with van der Waals surface area (Å²) in [6.07, 6.45) is 2.57. The second-order valence-electron chi connectivity index (χ2n) is 6.24. The minimum Gasteiger partial charge on any atom is -0.334 e. The lowest BCUT2D eigenvalue weighted by Crippen LogP contribution is -2.57. The Bertz CT molecular complexity index is 475. The van der Waals surface area contributed by atoms with Gasteiger partial charge in [0.2, 0.25) is 0 Å². The van der Waals surface area contributed by atoms with Gasteiger partial charge in [0.1, 0.15) is 5.82 Å². The Morgan fingerprint density at radius 3 is 2.37 bits per heavy atom. The molecule has 2 N–H and O–H groups in total. The van der Waals surface area contributed by atoms with Gasteiger partial charge in [0, 0.05) is 11.1 Å². The van der Waals surface area contributed by atoms with Gasteiger partial charge < -0.3 is 10.6 Å². The van der Waals surface area contributed by atoms with Crippen molar-refractivity contribution in [1.82, 2.24) is 10.6 Å². The summed E-state index contributed by atoms with van der Waals surface area (Å²) in [4.78, 5) is 12.0. The number of benzene rings is 1. The highest BCUT2D eigenvalue weighted by molar-refractivity contribution is 5.76. The van der Waals surface area contributed by atoms with Crippen LogP contribution in [0.1, 0.15) is 45.6 Å². The molecule has 1 aromatic carbocycles. The van der Waals surface area contributed by atoms with Crippen LogP contribution in [-0.4, -0.2) is 11.6 Å². The molecule has 0 atom stereocenters. The fraction of sp³-hybridized carbons (Fsp3) is 0.533. The van der Waals surface area contributed by atoms with Gasteiger partial charge in [0.05, 0.1) is 5.54 Å². The number of hydrogen-bond acceptors (Lipinski definition) is 1. The number of carbonyl (C=O) groups is 1. The second-order valence-corrected chi connectivity index (χ2v) is 6.24. The van der Waals surface area contributed by atoms with Crippen molar-refractivity contribution in [2.24, 2.45) is 0 Å². The molecule has 19 heavy (non-hydrogen) atoms. The molecule has 4 heteroatoms. The van der Waals surface area contributed by atoms with Crippen molar-refractivity contribution in [3.05, 3.63) is 35.6 Å². The average molecular weight is 264 g/mol. The third-order valence-electron chi connectivity index (χ3n) is 3.44. The maximum absolute atomic E-state index is 13.9. The SMILES string of the molecule is CC(C)(C)NC(=O)NC1(c2ccccc2F)CCC1. The van der Waals surface area contributed by atoms with Gasteiger partial charge in [-0.05, 0) is 46.1 Å². The van der Waals surface area contributed by atoms with E-state index >= 15 is 0 Å². The molecule has 3 nitrogen and oxygen atoms in total. The number of nitrogens with one attached hydrogen (secondary N) is 2. The zero-order valence-electron chi connectivity index (χ0n) is 11.7. The molecule has 104 valence electrons. The summed E-state index contributed by atoms with van der Waals surface area (Å²) in [5.41, 5.74) is -0.254. The first-order chi connectivity index (χ1) is 8.82. The van der Waals surface area contributed by atoms with Gasteiger partial charge in [-0.15, -0.1) is 0 Å². The van der Waals surface area contributed by atoms with E-state index in [2.05, 4.69) is 10.6 Å². The number of halogens is 1. The molecule has 2 amide bonds. The van der Waals surface area contributed by atoms with Crippen LogP contribution >= 0.6 is 0 Å². The molecule has 0 heterocycles. The zero-order chi connectivity index (χ0) is 14.1. The topological polar surface area (TPSA) is 41.1 Å². The third-order valence-corrected chi connectivity index (χ3v) is 3.44. The summed E-state index contributed by atoms with van der Waals surface area (Å²) < 4.78 is 13.9. The van der Waals surface area contributed by atoms with Crippen molar-refractivity contribution in [3.8, 4) is 0 Å². The monoisotopic (exact) mass is 264 g/mol. The van der Waals surface area contributed by atoms with Gasteiger partial charge in [0.15, 0.2) is 0 Å². The minimum absolute atomic E-state index is 0.240. The van der Waals surface area contributed by atoms with Gasteiger partial charge >= 0.3 is 6.03 Å². The lowest BCUT2D eigenvalue weighted by molar-refractivity contribution is 0.168. The Labute approximate surface area is 113 Å². The predicted molar refractivity (Wildman–Crippen MR) is 73.3 cm³/mol. The van der Waals surface area contributed by atoms with Crippen LogP contribution in [0, 0.1) is 5.82 Å². The van der Waals surface area contributed by atoms with E-state index in [0.29, 0.717) is 5.56 Å². The second kappa shape index (κ2) is 4.83. The molecule has 0 bridgehead atoms. The van der Waals surface area contributed by atoms with Crippen LogP contribution in [0.15, 0.2) is 24.3 Å². The van der Waals surface area contributed by atoms with Crippen LogP contribution in [0.25, 0.3) is 0 Å². The molecule has 1 fully saturated rings. The van der Waals surface area contributed by atoms with Gasteiger partial charge in [-0.3, -0.25) is 0 Å². The Kier molecular flexibility index (Phi) is 3.52. The standard InChI is InChI=1S/C15H21FN2O/c1-14(2,3)17-13(19)18-15(9-6-10-15)11-7-4-5-8-12(11)16/h4-5,7-8H,6,9-10H2,1-3H3,(H2,17,18,19). The Hall–Kier alpha value is -1.58. The lowest BCUT2D eigenvalue weighted by atomic mass is 9.71. The largest absolute Gasteiger partial charge is 0.334 e. The first-order valence-corrected chi connectivity index (χ1v) is 6.68. The first-order valence-electron chi connectivity index (χ1n) is 6.68. The van der Waals surface area contributed by atoms with E-state index in [1.165, 1.54) is 6.07 Å². The summed E-state index contributed by atoms with van der Waals surface area (Å²) in [5.74, 6) is -0.252. The molecule has 1 aromatic rings. The average Bonchev–Trinajstić information content (AvgIpc) is 2.22. The Morgan fingerprint density at radius 2 is 1.89 bits per heavy atom. The minimum atomic E-state index is -0.541. The molecule has 0 unspecified atom stereocenters. The molecule has 2 rings (SSSR count). The van der Waals surface area contributed by atoms with Gasteiger partial charge in [-0.25, -0.2) is 9.18 Å². The molecule has 1 aliphatic rings. The number of rotatable bonds is 2. The first kappa shape index (κ1) is 13.8. The van der Waals surface area contributed by atoms with Crippen molar-refractivity contribution in [1.29, 1.82) is 0 Å². The summed E-state index contributed by atoms with van der Waals surface area (Å²) in [7, 11) is 0. The summed E-state index contributed by atoms with van der Waals surface area (Å²) in [5, 5.41) is 5.81. The molecular weight excluding hydrogens is 243 g/mol. The lowest BCUT2D eigenvalue weighted by Gasteiger charge is -2.43. The number of amides is 2. The van der Waals surface area contributed by atoms with E-state index in [1.54, 1.807) is 12.1 Å². The maximum Gasteiger partial charge on any atom is 0.315 e. The van der Waals surface area contributed by atoms with E-state index in [1.807, 2.05) is 26.8 Å². The molecule has 0 spiro atoms. The highest BCUT2D eigenvalue weighted by atomic mass is 19.1. The van der Waals surface area contributed by atoms with Crippen LogP contribution in [0.2, 0.25) is 0 Å². The van der Waals surface area contributed by atoms with Crippen molar-refractivity contribution in [3.63, 3.8) is 0 Å². The van der Waals surface area contributed by atoms with Gasteiger partial charge in [0.25, 0.3) is 0 Å². The molecule has 1 aliphatic carbocycles. The normalized spacial score (nSPS) is 17.5. The fourth-order valence-electron chi connectivity index (χ4n) is 2.43. The van der Waals surface area contributed by atoms with Crippen molar-refractivity contribution < 1.29 is 9.18 Å². The summed E-state index contributed by atoms with van der Waals surface area (Å²) >= 11 is 0. The van der Waals surface area contributed by atoms with E-state index in [9.17, 15) is 9.18 Å². The summed E-state index contributed by atoms with van der Waals surface area (Å²) in [6.45, 7) is 5.76. The van der Waals surface area contributed by atoms with E-state index in [4.69, 9.17) is 0 Å². The van der Waals surface area contributed by atoms with Crippen molar-refractivity contribution >= 4 is 6.03 Å². The van der Waals surface area contributed by atoms with E-state index < -0.39 is 5.54 Å². The zero-order valence-corrected chi connectivity index (χ0v) is 11.7. The number of hydrogen-bond donors (Lipinski definition) is 2.